The Bertz CT molecular complexity index is 606. The second-order valence-electron chi connectivity index (χ2n) is 3.62. The summed E-state index contributed by atoms with van der Waals surface area (Å²) in [7, 11) is 0. The van der Waals surface area contributed by atoms with Crippen molar-refractivity contribution in [1.29, 1.82) is 5.41 Å². The molecule has 0 radical (unpaired) electrons. The highest BCUT2D eigenvalue weighted by Gasteiger charge is 2.09. The van der Waals surface area contributed by atoms with E-state index in [-0.39, 0.29) is 11.5 Å². The van der Waals surface area contributed by atoms with Gasteiger partial charge in [-0.3, -0.25) is 25.2 Å². The molecule has 2 rings (SSSR count). The van der Waals surface area contributed by atoms with E-state index in [0.29, 0.717) is 12.2 Å². The molecule has 8 heteroatoms. The van der Waals surface area contributed by atoms with Crippen molar-refractivity contribution in [1.82, 2.24) is 14.8 Å². The third-order valence-corrected chi connectivity index (χ3v) is 2.28. The summed E-state index contributed by atoms with van der Waals surface area (Å²) in [6.45, 7) is 0.358. The lowest BCUT2D eigenvalue weighted by Crippen LogP contribution is -2.13. The highest BCUT2D eigenvalue weighted by Crippen LogP contribution is 2.10. The molecule has 0 aromatic carbocycles. The van der Waals surface area contributed by atoms with E-state index in [1.165, 1.54) is 23.3 Å². The van der Waals surface area contributed by atoms with Gasteiger partial charge in [0.25, 0.3) is 0 Å². The second-order valence-corrected chi connectivity index (χ2v) is 3.62. The van der Waals surface area contributed by atoms with Gasteiger partial charge in [0.15, 0.2) is 0 Å². The summed E-state index contributed by atoms with van der Waals surface area (Å²) in [5, 5.41) is 21.7. The first-order chi connectivity index (χ1) is 8.56. The van der Waals surface area contributed by atoms with Crippen LogP contribution in [0.2, 0.25) is 0 Å². The van der Waals surface area contributed by atoms with Gasteiger partial charge in [-0.2, -0.15) is 5.10 Å². The summed E-state index contributed by atoms with van der Waals surface area (Å²) in [5.74, 6) is -0.122. The predicted octanol–water partition coefficient (Wildman–Crippen LogP) is 0.519. The smallest absolute Gasteiger partial charge is 0.307 e. The van der Waals surface area contributed by atoms with Gasteiger partial charge in [-0.1, -0.05) is 0 Å². The van der Waals surface area contributed by atoms with Gasteiger partial charge >= 0.3 is 5.69 Å². The van der Waals surface area contributed by atoms with E-state index >= 15 is 0 Å². The van der Waals surface area contributed by atoms with Gasteiger partial charge in [0.05, 0.1) is 11.5 Å². The van der Waals surface area contributed by atoms with Crippen LogP contribution in [-0.4, -0.2) is 25.5 Å². The summed E-state index contributed by atoms with van der Waals surface area (Å²) in [6.07, 6.45) is 4.06. The number of nitrogens with two attached hydrogens (primary N) is 1. The molecule has 0 aliphatic rings. The van der Waals surface area contributed by atoms with Crippen LogP contribution >= 0.6 is 0 Å². The molecule has 0 fully saturated rings. The maximum Gasteiger partial charge on any atom is 0.307 e. The van der Waals surface area contributed by atoms with Gasteiger partial charge in [0.1, 0.15) is 23.9 Å². The molecule has 2 heterocycles. The number of nitrogens with zero attached hydrogens (tertiary/aromatic N) is 4. The van der Waals surface area contributed by atoms with Crippen LogP contribution in [0.1, 0.15) is 11.3 Å². The van der Waals surface area contributed by atoms with Gasteiger partial charge in [0.2, 0.25) is 0 Å². The van der Waals surface area contributed by atoms with Crippen molar-refractivity contribution < 1.29 is 4.92 Å². The minimum absolute atomic E-state index is 0.0594. The molecule has 0 aliphatic carbocycles. The zero-order valence-corrected chi connectivity index (χ0v) is 9.28. The standard InChI is InChI=1S/C10H10N6O2/c11-10(12)9-3-7(1-2-13-9)5-15-6-8(4-14-15)16(17)18/h1-4,6H,5H2,(H3,11,12). The average Bonchev–Trinajstić information content (AvgIpc) is 2.78. The Morgan fingerprint density at radius 3 is 3.00 bits per heavy atom. The van der Waals surface area contributed by atoms with Crippen molar-refractivity contribution in [2.24, 2.45) is 5.73 Å². The Morgan fingerprint density at radius 1 is 1.61 bits per heavy atom. The number of amidine groups is 1. The van der Waals surface area contributed by atoms with Crippen LogP contribution in [0.15, 0.2) is 30.7 Å². The highest BCUT2D eigenvalue weighted by molar-refractivity contribution is 5.93. The Labute approximate surface area is 102 Å². The lowest BCUT2D eigenvalue weighted by Gasteiger charge is -2.03. The lowest BCUT2D eigenvalue weighted by atomic mass is 10.2. The maximum absolute atomic E-state index is 10.5. The first-order valence-corrected chi connectivity index (χ1v) is 5.02. The molecule has 0 aliphatic heterocycles. The third-order valence-electron chi connectivity index (χ3n) is 2.28. The summed E-state index contributed by atoms with van der Waals surface area (Å²) in [5.41, 5.74) is 6.45. The Balaban J connectivity index is 2.20. The van der Waals surface area contributed by atoms with Crippen molar-refractivity contribution >= 4 is 11.5 Å². The molecule has 92 valence electrons. The minimum atomic E-state index is -0.503. The first kappa shape index (κ1) is 11.7. The summed E-state index contributed by atoms with van der Waals surface area (Å²) < 4.78 is 1.44. The zero-order chi connectivity index (χ0) is 13.1. The van der Waals surface area contributed by atoms with Crippen LogP contribution in [0.25, 0.3) is 0 Å². The molecule has 3 N–H and O–H groups in total. The molecule has 2 aromatic heterocycles. The monoisotopic (exact) mass is 246 g/mol. The quantitative estimate of drug-likeness (QED) is 0.352. The van der Waals surface area contributed by atoms with Crippen molar-refractivity contribution in [3.8, 4) is 0 Å². The fraction of sp³-hybridized carbons (Fsp3) is 0.100. The molecule has 0 unspecified atom stereocenters. The van der Waals surface area contributed by atoms with Crippen molar-refractivity contribution in [2.45, 2.75) is 6.54 Å². The Morgan fingerprint density at radius 2 is 2.39 bits per heavy atom. The molecule has 2 aromatic rings. The van der Waals surface area contributed by atoms with E-state index in [9.17, 15) is 10.1 Å². The SMILES string of the molecule is N=C(N)c1cc(Cn2cc([N+](=O)[O-])cn2)ccn1. The number of rotatable bonds is 4. The minimum Gasteiger partial charge on any atom is -0.382 e. The topological polar surface area (TPSA) is 124 Å². The van der Waals surface area contributed by atoms with E-state index in [2.05, 4.69) is 10.1 Å². The van der Waals surface area contributed by atoms with Crippen LogP contribution in [0.4, 0.5) is 5.69 Å². The van der Waals surface area contributed by atoms with Crippen LogP contribution in [-0.2, 0) is 6.54 Å². The molecule has 0 amide bonds. The predicted molar refractivity (Wildman–Crippen MR) is 63.2 cm³/mol. The Hall–Kier alpha value is -2.77. The molecular weight excluding hydrogens is 236 g/mol. The first-order valence-electron chi connectivity index (χ1n) is 5.02. The fourth-order valence-electron chi connectivity index (χ4n) is 1.44. The van der Waals surface area contributed by atoms with Crippen LogP contribution in [0.5, 0.6) is 0 Å². The number of nitro groups is 1. The zero-order valence-electron chi connectivity index (χ0n) is 9.28. The van der Waals surface area contributed by atoms with Gasteiger partial charge in [0, 0.05) is 6.20 Å². The molecule has 0 saturated carbocycles. The third kappa shape index (κ3) is 2.48. The number of nitrogens with one attached hydrogen (secondary N) is 1. The number of hydrogen-bond acceptors (Lipinski definition) is 5. The van der Waals surface area contributed by atoms with E-state index in [1.807, 2.05) is 0 Å². The summed E-state index contributed by atoms with van der Waals surface area (Å²) in [6, 6.07) is 3.38. The molecular formula is C10H10N6O2. The number of hydrogen-bond donors (Lipinski definition) is 2. The van der Waals surface area contributed by atoms with Gasteiger partial charge in [-0.05, 0) is 17.7 Å². The highest BCUT2D eigenvalue weighted by atomic mass is 16.6. The summed E-state index contributed by atoms with van der Waals surface area (Å²) in [4.78, 5) is 13.9. The number of nitrogen functional groups attached to an aromatic ring is 1. The normalized spacial score (nSPS) is 10.2. The largest absolute Gasteiger partial charge is 0.382 e. The van der Waals surface area contributed by atoms with Crippen molar-refractivity contribution in [3.63, 3.8) is 0 Å². The van der Waals surface area contributed by atoms with Gasteiger partial charge in [-0.25, -0.2) is 0 Å². The van der Waals surface area contributed by atoms with Gasteiger partial charge < -0.3 is 5.73 Å². The van der Waals surface area contributed by atoms with E-state index in [4.69, 9.17) is 11.1 Å². The summed E-state index contributed by atoms with van der Waals surface area (Å²) >= 11 is 0. The molecule has 0 atom stereocenters. The van der Waals surface area contributed by atoms with E-state index in [1.54, 1.807) is 12.1 Å². The molecule has 8 nitrogen and oxygen atoms in total. The molecule has 0 saturated heterocycles. The molecule has 18 heavy (non-hydrogen) atoms. The maximum atomic E-state index is 10.5. The Kier molecular flexibility index (Phi) is 3.00. The molecule has 0 spiro atoms. The average molecular weight is 246 g/mol. The second kappa shape index (κ2) is 4.62. The van der Waals surface area contributed by atoms with Crippen LogP contribution < -0.4 is 5.73 Å². The lowest BCUT2D eigenvalue weighted by molar-refractivity contribution is -0.385. The fourth-order valence-corrected chi connectivity index (χ4v) is 1.44. The van der Waals surface area contributed by atoms with E-state index < -0.39 is 4.92 Å². The number of aromatic nitrogens is 3. The van der Waals surface area contributed by atoms with Crippen molar-refractivity contribution in [2.75, 3.05) is 0 Å². The van der Waals surface area contributed by atoms with E-state index in [0.717, 1.165) is 5.56 Å². The van der Waals surface area contributed by atoms with Crippen molar-refractivity contribution in [3.05, 3.63) is 52.1 Å². The van der Waals surface area contributed by atoms with Gasteiger partial charge in [-0.15, -0.1) is 0 Å². The van der Waals surface area contributed by atoms with Crippen LogP contribution in [0, 0.1) is 15.5 Å². The number of pyridine rings is 1. The molecule has 0 bridgehead atoms. The van der Waals surface area contributed by atoms with Crippen LogP contribution in [0.3, 0.4) is 0 Å².